The zero-order chi connectivity index (χ0) is 43.0. The third kappa shape index (κ3) is 5.38. The van der Waals surface area contributed by atoms with Crippen LogP contribution in [0.25, 0.3) is 11.1 Å². The maximum absolute atomic E-state index is 5.73. The van der Waals surface area contributed by atoms with Crippen molar-refractivity contribution in [2.45, 2.75) is 73.5 Å². The number of nitrogens with one attached hydrogen (secondary N) is 2. The van der Waals surface area contributed by atoms with Gasteiger partial charge in [-0.15, -0.1) is 0 Å². The van der Waals surface area contributed by atoms with Gasteiger partial charge in [0.05, 0.1) is 81.8 Å². The Morgan fingerprint density at radius 1 is 0.583 bits per heavy atom. The Kier molecular flexibility index (Phi) is 8.96. The summed E-state index contributed by atoms with van der Waals surface area (Å²) < 4.78 is 13.9. The molecule has 4 aliphatic rings. The van der Waals surface area contributed by atoms with Crippen LogP contribution in [0.1, 0.15) is 82.8 Å². The van der Waals surface area contributed by atoms with Gasteiger partial charge in [-0.05, 0) is 56.3 Å². The van der Waals surface area contributed by atoms with E-state index < -0.39 is 0 Å². The van der Waals surface area contributed by atoms with Crippen LogP contribution in [0.3, 0.4) is 0 Å². The normalized spacial score (nSPS) is 22.4. The molecule has 0 aliphatic carbocycles. The molecule has 0 fully saturated rings. The van der Waals surface area contributed by atoms with E-state index in [1.54, 1.807) is 0 Å². The van der Waals surface area contributed by atoms with Crippen molar-refractivity contribution in [3.63, 3.8) is 0 Å². The molecule has 2 unspecified atom stereocenters. The minimum Gasteiger partial charge on any atom is -0.357 e. The maximum Gasteiger partial charge on any atom is 0.293 e. The van der Waals surface area contributed by atoms with Crippen molar-refractivity contribution >= 4 is 22.6 Å². The number of H-pyrrole nitrogens is 2. The summed E-state index contributed by atoms with van der Waals surface area (Å²) >= 11 is 0. The second kappa shape index (κ2) is 13.7. The van der Waals surface area contributed by atoms with E-state index in [1.165, 1.54) is 51.4 Å². The van der Waals surface area contributed by atoms with Gasteiger partial charge in [-0.1, -0.05) is 6.08 Å². The van der Waals surface area contributed by atoms with Gasteiger partial charge in [-0.25, -0.2) is 32.4 Å². The van der Waals surface area contributed by atoms with E-state index in [9.17, 15) is 0 Å². The van der Waals surface area contributed by atoms with Gasteiger partial charge in [0.2, 0.25) is 0 Å². The van der Waals surface area contributed by atoms with E-state index in [-0.39, 0.29) is 18.1 Å². The third-order valence-corrected chi connectivity index (χ3v) is 14.9. The molecule has 9 heterocycles. The molecule has 4 aliphatic heterocycles. The number of hydrogen-bond acceptors (Lipinski definition) is 4. The van der Waals surface area contributed by atoms with Gasteiger partial charge < -0.3 is 19.8 Å². The summed E-state index contributed by atoms with van der Waals surface area (Å²) in [5, 5.41) is 2.01. The number of aliphatic imine (C=N–C) groups is 2. The molecule has 8 bridgehead atoms. The molecular formula is C48H61N12+3. The summed E-state index contributed by atoms with van der Waals surface area (Å²) in [5.74, 6) is 3.27. The number of allylic oxidation sites excluding steroid dienone is 5. The predicted octanol–water partition coefficient (Wildman–Crippen LogP) is 3.37. The third-order valence-electron chi connectivity index (χ3n) is 14.9. The van der Waals surface area contributed by atoms with Crippen LogP contribution in [0.5, 0.6) is 0 Å². The minimum atomic E-state index is -0.179. The second-order valence-corrected chi connectivity index (χ2v) is 17.5. The van der Waals surface area contributed by atoms with Crippen molar-refractivity contribution in [3.8, 4) is 0 Å². The molecule has 0 amide bonds. The van der Waals surface area contributed by atoms with Crippen LogP contribution < -0.4 is 24.4 Å². The van der Waals surface area contributed by atoms with E-state index >= 15 is 0 Å². The van der Waals surface area contributed by atoms with Gasteiger partial charge in [-0.3, -0.25) is 4.99 Å². The second-order valence-electron chi connectivity index (χ2n) is 17.5. The van der Waals surface area contributed by atoms with Gasteiger partial charge in [0, 0.05) is 78.3 Å². The molecule has 0 radical (unpaired) electrons. The number of imidazole rings is 3. The fourth-order valence-corrected chi connectivity index (χ4v) is 10.2. The molecule has 12 nitrogen and oxygen atoms in total. The first-order valence-electron chi connectivity index (χ1n) is 21.0. The molecule has 9 rings (SSSR count). The molecule has 60 heavy (non-hydrogen) atoms. The van der Waals surface area contributed by atoms with Gasteiger partial charge in [0.15, 0.2) is 0 Å². The maximum atomic E-state index is 5.73. The van der Waals surface area contributed by atoms with Crippen LogP contribution >= 0.6 is 0 Å². The van der Waals surface area contributed by atoms with E-state index in [0.717, 1.165) is 67.6 Å². The molecule has 0 aromatic carbocycles. The number of fused-ring (bicyclic) bond motifs is 6. The quantitative estimate of drug-likeness (QED) is 0.273. The average molecular weight is 806 g/mol. The Labute approximate surface area is 353 Å². The zero-order valence-corrected chi connectivity index (χ0v) is 38.3. The van der Waals surface area contributed by atoms with Crippen molar-refractivity contribution in [2.24, 2.45) is 52.3 Å². The number of aromatic nitrogens is 8. The van der Waals surface area contributed by atoms with Gasteiger partial charge in [0.1, 0.15) is 57.4 Å². The lowest BCUT2D eigenvalue weighted by molar-refractivity contribution is -0.685. The van der Waals surface area contributed by atoms with Crippen molar-refractivity contribution in [1.29, 1.82) is 0 Å². The van der Waals surface area contributed by atoms with Gasteiger partial charge in [0.25, 0.3) is 17.5 Å². The monoisotopic (exact) mass is 806 g/mol. The van der Waals surface area contributed by atoms with Crippen molar-refractivity contribution in [3.05, 3.63) is 145 Å². The first-order chi connectivity index (χ1) is 28.4. The molecule has 5 aromatic rings. The smallest absolute Gasteiger partial charge is 0.293 e. The summed E-state index contributed by atoms with van der Waals surface area (Å²) in [6, 6.07) is 8.83. The van der Waals surface area contributed by atoms with Crippen LogP contribution in [0.15, 0.2) is 81.2 Å². The van der Waals surface area contributed by atoms with Crippen LogP contribution in [0, 0.1) is 41.5 Å². The summed E-state index contributed by atoms with van der Waals surface area (Å²) in [6.45, 7) is 17.6. The Morgan fingerprint density at radius 2 is 1.13 bits per heavy atom. The lowest BCUT2D eigenvalue weighted by Gasteiger charge is -2.32. The lowest BCUT2D eigenvalue weighted by atomic mass is 9.95. The highest BCUT2D eigenvalue weighted by Crippen LogP contribution is 2.38. The Morgan fingerprint density at radius 3 is 1.68 bits per heavy atom. The van der Waals surface area contributed by atoms with E-state index in [2.05, 4.69) is 208 Å². The molecule has 2 N–H and O–H groups in total. The molecular weight excluding hydrogens is 745 g/mol. The van der Waals surface area contributed by atoms with E-state index in [1.807, 2.05) is 0 Å². The van der Waals surface area contributed by atoms with Crippen LogP contribution in [-0.2, 0) is 42.3 Å². The average Bonchev–Trinajstić information content (AvgIpc) is 4.13. The highest BCUT2D eigenvalue weighted by Gasteiger charge is 2.42. The van der Waals surface area contributed by atoms with Crippen LogP contribution in [0.2, 0.25) is 0 Å². The Hall–Kier alpha value is -6.17. The molecule has 5 aromatic heterocycles. The molecule has 310 valence electrons. The number of nitrogens with zero attached hydrogens (tertiary/aromatic N) is 10. The first-order valence-corrected chi connectivity index (χ1v) is 21.0. The number of hydrogen-bond donors (Lipinski definition) is 2. The zero-order valence-electron chi connectivity index (χ0n) is 38.3. The Balaban J connectivity index is 1.44. The lowest BCUT2D eigenvalue weighted by Crippen LogP contribution is -2.40. The van der Waals surface area contributed by atoms with Crippen LogP contribution in [0.4, 0.5) is 0 Å². The molecule has 2 atom stereocenters. The minimum absolute atomic E-state index is 0.0914. The largest absolute Gasteiger partial charge is 0.357 e. The topological polar surface area (TPSA) is 89.2 Å². The number of rotatable bonds is 4. The Bertz CT molecular complexity index is 2930. The molecule has 0 saturated heterocycles. The highest BCUT2D eigenvalue weighted by molar-refractivity contribution is 6.29. The molecule has 12 heteroatoms. The van der Waals surface area contributed by atoms with Crippen LogP contribution in [-0.4, -0.2) is 71.2 Å². The first kappa shape index (κ1) is 39.3. The molecule has 0 saturated carbocycles. The van der Waals surface area contributed by atoms with E-state index in [4.69, 9.17) is 9.98 Å². The van der Waals surface area contributed by atoms with Gasteiger partial charge >= 0.3 is 0 Å². The SMILES string of the molecule is CC1=C(C)N(C)C(/C2=C3\C=CC(=N3)/C(c3n(C)c(C)c(C)[n+]3C)=c3/cc/c([nH]3)=C(\c3n(C)c(C)c(C)[n+]3C)c3ccc([nH]3)C(c3n(C)c(C)c(C)[n+]3C)C3C=CC2=N3)N1C. The van der Waals surface area contributed by atoms with Crippen molar-refractivity contribution in [2.75, 3.05) is 14.1 Å². The summed E-state index contributed by atoms with van der Waals surface area (Å²) in [7, 11) is 17.4. The summed E-state index contributed by atoms with van der Waals surface area (Å²) in [5.41, 5.74) is 18.0. The van der Waals surface area contributed by atoms with Gasteiger partial charge in [-0.2, -0.15) is 0 Å². The summed E-state index contributed by atoms with van der Waals surface area (Å²) in [6.07, 6.45) is 8.86. The highest BCUT2D eigenvalue weighted by atomic mass is 15.4. The predicted molar refractivity (Wildman–Crippen MR) is 237 cm³/mol. The van der Waals surface area contributed by atoms with Crippen molar-refractivity contribution in [1.82, 2.24) is 33.5 Å². The molecule has 0 spiro atoms. The van der Waals surface area contributed by atoms with Crippen molar-refractivity contribution < 1.29 is 13.7 Å². The standard InChI is InChI=1S/C48H60N12/c1-25-26(2)54(10)45(53(25)9)41-33-17-19-35(49-33)42(46-55(11)27(3)28(4)56(46)12)37-21-23-39(51-37)44(48-59(15)31(7)32(8)60(48)16)40-24-22-38(52-40)43(36-20-18-34(41)50-36)47-57(13)29(5)30(6)58(47)14/h17-24,33,41,46H,1-16H3,(H,50,52)/q+2/p+1/b42-37+. The fraction of sp³-hybridized carbons (Fsp3) is 0.396. The number of likely N-dealkylation sites (N-methyl/N-ethyl adjacent to an activating group) is 2. The fourth-order valence-electron chi connectivity index (χ4n) is 10.2. The summed E-state index contributed by atoms with van der Waals surface area (Å²) in [4.78, 5) is 24.1. The van der Waals surface area contributed by atoms with E-state index in [0.29, 0.717) is 0 Å². The number of aromatic amines is 2.